The molecule has 1 heterocycles. The summed E-state index contributed by atoms with van der Waals surface area (Å²) in [5.74, 6) is -0.678. The topological polar surface area (TPSA) is 105 Å². The number of hydrazine groups is 1. The Balaban J connectivity index is 1.78. The van der Waals surface area contributed by atoms with Gasteiger partial charge in [-0.15, -0.1) is 0 Å². The molecule has 0 fully saturated rings. The van der Waals surface area contributed by atoms with E-state index in [1.807, 2.05) is 39.8 Å². The van der Waals surface area contributed by atoms with Gasteiger partial charge in [-0.25, -0.2) is 4.98 Å². The molecule has 1 unspecified atom stereocenters. The van der Waals surface area contributed by atoms with Crippen LogP contribution < -0.4 is 21.7 Å². The van der Waals surface area contributed by atoms with Crippen molar-refractivity contribution in [3.05, 3.63) is 70.0 Å². The number of fused-ring (bicyclic) bond motifs is 1. The standard InChI is InChI=1S/C23H27N5O3/c1-5-28-22(31)17-12-8-9-13-18(17)24-23(28)27-26-21(30)19(14(2)3)25-20(29)16-11-7-6-10-15(16)4/h6-14,19H,5H2,1-4H3,(H,24,27)(H,25,29)(H,26,30). The molecule has 162 valence electrons. The number of rotatable bonds is 7. The second-order valence-corrected chi connectivity index (χ2v) is 7.63. The van der Waals surface area contributed by atoms with Crippen LogP contribution in [0.3, 0.4) is 0 Å². The van der Waals surface area contributed by atoms with Gasteiger partial charge in [0.05, 0.1) is 10.9 Å². The van der Waals surface area contributed by atoms with Crippen molar-refractivity contribution in [2.75, 3.05) is 5.43 Å². The second-order valence-electron chi connectivity index (χ2n) is 7.63. The minimum atomic E-state index is -0.776. The largest absolute Gasteiger partial charge is 0.340 e. The van der Waals surface area contributed by atoms with Crippen LogP contribution in [0.5, 0.6) is 0 Å². The van der Waals surface area contributed by atoms with E-state index in [4.69, 9.17) is 0 Å². The van der Waals surface area contributed by atoms with Crippen molar-refractivity contribution in [1.29, 1.82) is 0 Å². The number of carbonyl (C=O) groups is 2. The molecule has 0 aliphatic carbocycles. The molecule has 0 radical (unpaired) electrons. The minimum Gasteiger partial charge on any atom is -0.340 e. The third-order valence-electron chi connectivity index (χ3n) is 5.10. The van der Waals surface area contributed by atoms with Crippen molar-refractivity contribution >= 4 is 28.7 Å². The van der Waals surface area contributed by atoms with E-state index in [2.05, 4.69) is 21.2 Å². The number of nitrogens with zero attached hydrogens (tertiary/aromatic N) is 2. The number of aryl methyl sites for hydroxylation is 1. The van der Waals surface area contributed by atoms with Crippen molar-refractivity contribution in [2.24, 2.45) is 5.92 Å². The van der Waals surface area contributed by atoms with Crippen LogP contribution in [0, 0.1) is 12.8 Å². The van der Waals surface area contributed by atoms with Crippen molar-refractivity contribution in [3.8, 4) is 0 Å². The molecule has 1 aromatic heterocycles. The Bertz CT molecular complexity index is 1170. The van der Waals surface area contributed by atoms with Crippen LogP contribution in [0.25, 0.3) is 10.9 Å². The molecule has 2 amide bonds. The highest BCUT2D eigenvalue weighted by Gasteiger charge is 2.25. The predicted octanol–water partition coefficient (Wildman–Crippen LogP) is 2.62. The molecule has 8 heteroatoms. The predicted molar refractivity (Wildman–Crippen MR) is 121 cm³/mol. The zero-order chi connectivity index (χ0) is 22.5. The average Bonchev–Trinajstić information content (AvgIpc) is 2.76. The Morgan fingerprint density at radius 1 is 1.06 bits per heavy atom. The Labute approximate surface area is 180 Å². The monoisotopic (exact) mass is 421 g/mol. The van der Waals surface area contributed by atoms with Gasteiger partial charge in [0.15, 0.2) is 0 Å². The summed E-state index contributed by atoms with van der Waals surface area (Å²) in [4.78, 5) is 42.7. The number of amides is 2. The van der Waals surface area contributed by atoms with Crippen molar-refractivity contribution in [2.45, 2.75) is 40.3 Å². The highest BCUT2D eigenvalue weighted by Crippen LogP contribution is 2.12. The van der Waals surface area contributed by atoms with Gasteiger partial charge in [0.2, 0.25) is 5.95 Å². The molecule has 0 bridgehead atoms. The number of anilines is 1. The molecular formula is C23H27N5O3. The van der Waals surface area contributed by atoms with Gasteiger partial charge < -0.3 is 5.32 Å². The van der Waals surface area contributed by atoms with E-state index < -0.39 is 11.9 Å². The molecule has 31 heavy (non-hydrogen) atoms. The number of hydrogen-bond acceptors (Lipinski definition) is 5. The van der Waals surface area contributed by atoms with Crippen LogP contribution in [0.2, 0.25) is 0 Å². The number of nitrogens with one attached hydrogen (secondary N) is 3. The summed E-state index contributed by atoms with van der Waals surface area (Å²) in [6.45, 7) is 7.74. The molecule has 8 nitrogen and oxygen atoms in total. The fourth-order valence-electron chi connectivity index (χ4n) is 3.33. The summed E-state index contributed by atoms with van der Waals surface area (Å²) < 4.78 is 1.44. The zero-order valence-electron chi connectivity index (χ0n) is 18.1. The summed E-state index contributed by atoms with van der Waals surface area (Å²) in [7, 11) is 0. The third-order valence-corrected chi connectivity index (χ3v) is 5.10. The maximum Gasteiger partial charge on any atom is 0.262 e. The van der Waals surface area contributed by atoms with Crippen molar-refractivity contribution < 1.29 is 9.59 Å². The minimum absolute atomic E-state index is 0.160. The number of para-hydroxylation sites is 1. The van der Waals surface area contributed by atoms with Crippen LogP contribution in [0.4, 0.5) is 5.95 Å². The lowest BCUT2D eigenvalue weighted by Crippen LogP contribution is -2.51. The number of aromatic nitrogens is 2. The Kier molecular flexibility index (Phi) is 6.69. The Morgan fingerprint density at radius 3 is 2.42 bits per heavy atom. The number of benzene rings is 2. The van der Waals surface area contributed by atoms with Gasteiger partial charge in [-0.2, -0.15) is 0 Å². The highest BCUT2D eigenvalue weighted by molar-refractivity contribution is 5.98. The first-order valence-electron chi connectivity index (χ1n) is 10.3. The molecule has 0 saturated carbocycles. The lowest BCUT2D eigenvalue weighted by molar-refractivity contribution is -0.123. The lowest BCUT2D eigenvalue weighted by atomic mass is 10.0. The van der Waals surface area contributed by atoms with E-state index in [1.165, 1.54) is 4.57 Å². The first-order valence-corrected chi connectivity index (χ1v) is 10.3. The molecule has 3 aromatic rings. The smallest absolute Gasteiger partial charge is 0.262 e. The molecule has 2 aromatic carbocycles. The second kappa shape index (κ2) is 9.42. The van der Waals surface area contributed by atoms with Crippen LogP contribution >= 0.6 is 0 Å². The first kappa shape index (κ1) is 22.0. The van der Waals surface area contributed by atoms with E-state index in [-0.39, 0.29) is 23.3 Å². The van der Waals surface area contributed by atoms with Gasteiger partial charge in [-0.3, -0.25) is 29.8 Å². The van der Waals surface area contributed by atoms with Crippen LogP contribution in [0.1, 0.15) is 36.7 Å². The maximum absolute atomic E-state index is 12.9. The Morgan fingerprint density at radius 2 is 1.74 bits per heavy atom. The maximum atomic E-state index is 12.9. The molecule has 3 N–H and O–H groups in total. The van der Waals surface area contributed by atoms with Gasteiger partial charge in [0.25, 0.3) is 17.4 Å². The molecule has 0 aliphatic heterocycles. The summed E-state index contributed by atoms with van der Waals surface area (Å²) in [6, 6.07) is 13.5. The zero-order valence-corrected chi connectivity index (χ0v) is 18.1. The number of hydrogen-bond donors (Lipinski definition) is 3. The lowest BCUT2D eigenvalue weighted by Gasteiger charge is -2.23. The molecule has 1 atom stereocenters. The van der Waals surface area contributed by atoms with E-state index in [0.717, 1.165) is 5.56 Å². The van der Waals surface area contributed by atoms with Crippen LogP contribution in [-0.2, 0) is 11.3 Å². The van der Waals surface area contributed by atoms with Crippen molar-refractivity contribution in [3.63, 3.8) is 0 Å². The van der Waals surface area contributed by atoms with Gasteiger partial charge in [0.1, 0.15) is 6.04 Å². The SMILES string of the molecule is CCn1c(NNC(=O)C(NC(=O)c2ccccc2C)C(C)C)nc2ccccc2c1=O. The van der Waals surface area contributed by atoms with Crippen LogP contribution in [-0.4, -0.2) is 27.4 Å². The van der Waals surface area contributed by atoms with Gasteiger partial charge in [-0.1, -0.05) is 44.2 Å². The number of carbonyl (C=O) groups excluding carboxylic acids is 2. The normalized spacial score (nSPS) is 11.9. The molecular weight excluding hydrogens is 394 g/mol. The average molecular weight is 422 g/mol. The van der Waals surface area contributed by atoms with Gasteiger partial charge in [-0.05, 0) is 43.5 Å². The fourth-order valence-corrected chi connectivity index (χ4v) is 3.33. The van der Waals surface area contributed by atoms with E-state index in [0.29, 0.717) is 23.0 Å². The first-order chi connectivity index (χ1) is 14.8. The van der Waals surface area contributed by atoms with E-state index >= 15 is 0 Å². The molecule has 0 aliphatic rings. The third kappa shape index (κ3) is 4.74. The quantitative estimate of drug-likeness (QED) is 0.509. The summed E-state index contributed by atoms with van der Waals surface area (Å²) in [5, 5.41) is 3.31. The van der Waals surface area contributed by atoms with E-state index in [1.54, 1.807) is 36.4 Å². The molecule has 0 spiro atoms. The van der Waals surface area contributed by atoms with E-state index in [9.17, 15) is 14.4 Å². The molecule has 3 rings (SSSR count). The van der Waals surface area contributed by atoms with Crippen LogP contribution in [0.15, 0.2) is 53.3 Å². The summed E-state index contributed by atoms with van der Waals surface area (Å²) >= 11 is 0. The Hall–Kier alpha value is -3.68. The van der Waals surface area contributed by atoms with Gasteiger partial charge >= 0.3 is 0 Å². The fraction of sp³-hybridized carbons (Fsp3) is 0.304. The highest BCUT2D eigenvalue weighted by atomic mass is 16.2. The summed E-state index contributed by atoms with van der Waals surface area (Å²) in [5.41, 5.74) is 7.03. The van der Waals surface area contributed by atoms with Crippen molar-refractivity contribution in [1.82, 2.24) is 20.3 Å². The van der Waals surface area contributed by atoms with Gasteiger partial charge in [0, 0.05) is 12.1 Å². The summed E-state index contributed by atoms with van der Waals surface area (Å²) in [6.07, 6.45) is 0. The molecule has 0 saturated heterocycles.